The number of rotatable bonds is 5. The molecule has 8 nitrogen and oxygen atoms in total. The first-order valence-corrected chi connectivity index (χ1v) is 11.9. The first kappa shape index (κ1) is 25.3. The zero-order valence-corrected chi connectivity index (χ0v) is 20.0. The summed E-state index contributed by atoms with van der Waals surface area (Å²) in [5.74, 6) is -0.411. The van der Waals surface area contributed by atoms with Gasteiger partial charge in [0.25, 0.3) is 0 Å². The number of benzene rings is 2. The number of alkyl halides is 3. The normalized spacial score (nSPS) is 12.7. The van der Waals surface area contributed by atoms with Crippen LogP contribution in [0, 0.1) is 0 Å². The third-order valence-electron chi connectivity index (χ3n) is 5.16. The number of hydrogen-bond acceptors (Lipinski definition) is 5. The number of aromatic nitrogens is 2. The number of hydrogen-bond donors (Lipinski definition) is 1. The van der Waals surface area contributed by atoms with Crippen LogP contribution in [0.1, 0.15) is 26.3 Å². The molecule has 0 spiro atoms. The van der Waals surface area contributed by atoms with Crippen molar-refractivity contribution in [3.05, 3.63) is 42.2 Å². The Morgan fingerprint density at radius 3 is 2.24 bits per heavy atom. The highest BCUT2D eigenvalue weighted by molar-refractivity contribution is 7.91. The highest BCUT2D eigenvalue weighted by atomic mass is 32.2. The number of amides is 1. The van der Waals surface area contributed by atoms with Crippen LogP contribution in [0.5, 0.6) is 5.75 Å². The monoisotopic (exact) mass is 499 g/mol. The molecule has 0 bridgehead atoms. The maximum Gasteiger partial charge on any atom is 0.573 e. The van der Waals surface area contributed by atoms with E-state index in [2.05, 4.69) is 9.72 Å². The Balaban J connectivity index is 2.28. The summed E-state index contributed by atoms with van der Waals surface area (Å²) in [6, 6.07) is 6.59. The Bertz CT molecular complexity index is 1340. The van der Waals surface area contributed by atoms with Gasteiger partial charge in [0.15, 0.2) is 9.84 Å². The summed E-state index contributed by atoms with van der Waals surface area (Å²) in [5, 5.41) is 9.75. The number of imidazole rings is 1. The first-order chi connectivity index (χ1) is 15.5. The van der Waals surface area contributed by atoms with Crippen molar-refractivity contribution in [3.8, 4) is 16.9 Å². The molecule has 0 aliphatic heterocycles. The number of carboxylic acid groups (broad SMARTS) is 1. The number of sulfone groups is 1. The number of nitrogens with zero attached hydrogens (tertiary/aromatic N) is 3. The van der Waals surface area contributed by atoms with E-state index >= 15 is 0 Å². The van der Waals surface area contributed by atoms with E-state index in [0.717, 1.165) is 23.3 Å². The second-order valence-corrected chi connectivity index (χ2v) is 10.8. The van der Waals surface area contributed by atoms with Crippen LogP contribution in [0.15, 0.2) is 41.6 Å². The molecule has 0 radical (unpaired) electrons. The zero-order chi connectivity index (χ0) is 25.6. The fourth-order valence-electron chi connectivity index (χ4n) is 3.70. The van der Waals surface area contributed by atoms with Crippen LogP contribution in [0.3, 0.4) is 0 Å². The van der Waals surface area contributed by atoms with Crippen molar-refractivity contribution < 1.29 is 36.2 Å². The molecule has 1 amide bonds. The van der Waals surface area contributed by atoms with Crippen molar-refractivity contribution in [2.45, 2.75) is 44.1 Å². The Morgan fingerprint density at radius 1 is 1.18 bits per heavy atom. The van der Waals surface area contributed by atoms with Crippen LogP contribution in [-0.2, 0) is 23.4 Å². The summed E-state index contributed by atoms with van der Waals surface area (Å²) >= 11 is 0. The molecule has 1 aromatic heterocycles. The molecular weight excluding hydrogens is 475 g/mol. The lowest BCUT2D eigenvalue weighted by Crippen LogP contribution is -2.44. The van der Waals surface area contributed by atoms with Gasteiger partial charge in [-0.3, -0.25) is 4.90 Å². The second kappa shape index (κ2) is 8.49. The topological polar surface area (TPSA) is 102 Å². The molecule has 1 N–H and O–H groups in total. The molecule has 12 heteroatoms. The van der Waals surface area contributed by atoms with Gasteiger partial charge < -0.3 is 14.4 Å². The fourth-order valence-corrected chi connectivity index (χ4v) is 4.90. The van der Waals surface area contributed by atoms with Crippen molar-refractivity contribution in [3.63, 3.8) is 0 Å². The average molecular weight is 500 g/mol. The van der Waals surface area contributed by atoms with Crippen LogP contribution in [0.4, 0.5) is 18.0 Å². The van der Waals surface area contributed by atoms with Gasteiger partial charge in [-0.1, -0.05) is 12.1 Å². The summed E-state index contributed by atoms with van der Waals surface area (Å²) in [6.45, 7) is 4.82. The van der Waals surface area contributed by atoms with Gasteiger partial charge in [-0.05, 0) is 50.1 Å². The summed E-state index contributed by atoms with van der Waals surface area (Å²) in [7, 11) is -2.21. The highest BCUT2D eigenvalue weighted by Gasteiger charge is 2.32. The molecule has 0 aliphatic rings. The lowest BCUT2D eigenvalue weighted by atomic mass is 9.99. The van der Waals surface area contributed by atoms with Gasteiger partial charge in [-0.25, -0.2) is 18.2 Å². The smallest absolute Gasteiger partial charge is 0.465 e. The predicted octanol–water partition coefficient (Wildman–Crippen LogP) is 4.82. The van der Waals surface area contributed by atoms with E-state index in [-0.39, 0.29) is 22.5 Å². The van der Waals surface area contributed by atoms with Crippen molar-refractivity contribution in [1.29, 1.82) is 0 Å². The van der Waals surface area contributed by atoms with Crippen LogP contribution in [0.2, 0.25) is 0 Å². The Hall–Kier alpha value is -3.28. The predicted molar refractivity (Wildman–Crippen MR) is 119 cm³/mol. The van der Waals surface area contributed by atoms with E-state index in [1.54, 1.807) is 27.8 Å². The molecular formula is C22H24F3N3O5S. The number of halogens is 3. The van der Waals surface area contributed by atoms with Crippen molar-refractivity contribution >= 4 is 27.0 Å². The minimum Gasteiger partial charge on any atom is -0.465 e. The Morgan fingerprint density at radius 2 is 1.76 bits per heavy atom. The third-order valence-corrected chi connectivity index (χ3v) is 6.35. The van der Waals surface area contributed by atoms with Crippen LogP contribution >= 0.6 is 0 Å². The number of ether oxygens (including phenoxy) is 1. The molecule has 184 valence electrons. The summed E-state index contributed by atoms with van der Waals surface area (Å²) < 4.78 is 68.6. The molecule has 0 atom stereocenters. The van der Waals surface area contributed by atoms with Gasteiger partial charge in [0.1, 0.15) is 5.75 Å². The Kier molecular flexibility index (Phi) is 6.33. The number of aryl methyl sites for hydroxylation is 1. The molecule has 0 saturated heterocycles. The van der Waals surface area contributed by atoms with Gasteiger partial charge in [-0.15, -0.1) is 13.2 Å². The summed E-state index contributed by atoms with van der Waals surface area (Å²) in [6.07, 6.45) is -3.62. The maximum absolute atomic E-state index is 12.8. The standard InChI is InChI=1S/C22H24F3N3O5S/c1-21(2,3)28(20(29)30)11-14-10-16(13-6-8-15(9-7-13)33-22(23,24)25)17-18(27(4)12-26-17)19(14)34(5,31)32/h6-10,12H,11H2,1-5H3,(H,29,30). The van der Waals surface area contributed by atoms with Gasteiger partial charge in [0, 0.05) is 24.4 Å². The number of carbonyl (C=O) groups is 1. The SMILES string of the molecule is Cn1cnc2c(-c3ccc(OC(F)(F)F)cc3)cc(CN(C(=O)O)C(C)(C)C)c(S(C)(=O)=O)c21. The van der Waals surface area contributed by atoms with E-state index in [4.69, 9.17) is 0 Å². The Labute approximate surface area is 194 Å². The van der Waals surface area contributed by atoms with Crippen LogP contribution in [0.25, 0.3) is 22.2 Å². The first-order valence-electron chi connectivity index (χ1n) is 10.0. The van der Waals surface area contributed by atoms with Gasteiger partial charge in [-0.2, -0.15) is 0 Å². The van der Waals surface area contributed by atoms with Gasteiger partial charge >= 0.3 is 12.5 Å². The molecule has 34 heavy (non-hydrogen) atoms. The summed E-state index contributed by atoms with van der Waals surface area (Å²) in [5.41, 5.74) is 0.867. The molecule has 0 aliphatic carbocycles. The minimum atomic E-state index is -4.84. The zero-order valence-electron chi connectivity index (χ0n) is 19.1. The lowest BCUT2D eigenvalue weighted by molar-refractivity contribution is -0.274. The van der Waals surface area contributed by atoms with E-state index in [1.165, 1.54) is 29.1 Å². The van der Waals surface area contributed by atoms with Crippen molar-refractivity contribution in [1.82, 2.24) is 14.5 Å². The maximum atomic E-state index is 12.8. The van der Waals surface area contributed by atoms with E-state index in [0.29, 0.717) is 16.6 Å². The summed E-state index contributed by atoms with van der Waals surface area (Å²) in [4.78, 5) is 17.3. The van der Waals surface area contributed by atoms with Gasteiger partial charge in [0.05, 0.1) is 28.8 Å². The second-order valence-electron chi connectivity index (χ2n) is 8.85. The molecule has 3 aromatic rings. The number of fused-ring (bicyclic) bond motifs is 1. The lowest BCUT2D eigenvalue weighted by Gasteiger charge is -2.33. The molecule has 1 heterocycles. The highest BCUT2D eigenvalue weighted by Crippen LogP contribution is 2.37. The minimum absolute atomic E-state index is 0.0567. The van der Waals surface area contributed by atoms with Crippen LogP contribution in [-0.4, -0.2) is 52.2 Å². The molecule has 0 fully saturated rings. The van der Waals surface area contributed by atoms with Crippen LogP contribution < -0.4 is 4.74 Å². The van der Waals surface area contributed by atoms with E-state index in [1.807, 2.05) is 0 Å². The van der Waals surface area contributed by atoms with E-state index < -0.39 is 33.6 Å². The molecule has 3 rings (SSSR count). The molecule has 0 saturated carbocycles. The van der Waals surface area contributed by atoms with Crippen molar-refractivity contribution in [2.75, 3.05) is 6.26 Å². The van der Waals surface area contributed by atoms with Gasteiger partial charge in [0.2, 0.25) is 0 Å². The molecule has 2 aromatic carbocycles. The van der Waals surface area contributed by atoms with Crippen molar-refractivity contribution in [2.24, 2.45) is 7.05 Å². The largest absolute Gasteiger partial charge is 0.573 e. The van der Waals surface area contributed by atoms with E-state index in [9.17, 15) is 31.5 Å². The third kappa shape index (κ3) is 5.27. The quantitative estimate of drug-likeness (QED) is 0.540. The average Bonchev–Trinajstić information content (AvgIpc) is 3.04. The fraction of sp³-hybridized carbons (Fsp3) is 0.364. The molecule has 0 unspecified atom stereocenters.